The van der Waals surface area contributed by atoms with E-state index in [9.17, 15) is 9.59 Å². The Hall–Kier alpha value is -2.40. The fraction of sp³-hybridized carbons (Fsp3) is 0.760. The molecule has 0 aliphatic carbocycles. The van der Waals surface area contributed by atoms with Crippen molar-refractivity contribution in [3.8, 4) is 6.01 Å². The van der Waals surface area contributed by atoms with E-state index in [1.807, 2.05) is 32.6 Å². The van der Waals surface area contributed by atoms with Gasteiger partial charge in [0.05, 0.1) is 17.8 Å². The molecule has 11 heteroatoms. The van der Waals surface area contributed by atoms with Gasteiger partial charge in [0, 0.05) is 30.9 Å². The molecule has 2 amide bonds. The van der Waals surface area contributed by atoms with Gasteiger partial charge in [-0.15, -0.1) is 0 Å². The highest BCUT2D eigenvalue weighted by Gasteiger charge is 2.52. The number of carbonyl (C=O) groups is 2. The average Bonchev–Trinajstić information content (AvgIpc) is 2.99. The molecule has 200 valence electrons. The zero-order chi connectivity index (χ0) is 26.7. The quantitative estimate of drug-likeness (QED) is 0.565. The van der Waals surface area contributed by atoms with Crippen LogP contribution < -0.4 is 15.5 Å². The molecule has 3 rings (SSSR count). The first-order chi connectivity index (χ1) is 16.7. The molecule has 0 radical (unpaired) electrons. The maximum atomic E-state index is 12.8. The summed E-state index contributed by atoms with van der Waals surface area (Å²) in [4.78, 5) is 35.3. The van der Waals surface area contributed by atoms with Crippen molar-refractivity contribution in [2.45, 2.75) is 97.5 Å². The number of likely N-dealkylation sites (tertiary alicyclic amines) is 1. The first kappa shape index (κ1) is 28.2. The average molecular weight is 504 g/mol. The Morgan fingerprint density at radius 3 is 2.39 bits per heavy atom. The van der Waals surface area contributed by atoms with Gasteiger partial charge in [0.1, 0.15) is 11.6 Å². The van der Waals surface area contributed by atoms with Crippen LogP contribution in [0.25, 0.3) is 0 Å². The predicted octanol–water partition coefficient (Wildman–Crippen LogP) is 2.70. The van der Waals surface area contributed by atoms with Crippen LogP contribution in [0.2, 0.25) is 0 Å². The molecule has 2 atom stereocenters. The van der Waals surface area contributed by atoms with Gasteiger partial charge in [-0.25, -0.2) is 14.8 Å². The van der Waals surface area contributed by atoms with Crippen molar-refractivity contribution in [1.29, 1.82) is 0 Å². The summed E-state index contributed by atoms with van der Waals surface area (Å²) in [6.07, 6.45) is 5.46. The molecule has 0 spiro atoms. The van der Waals surface area contributed by atoms with Crippen molar-refractivity contribution in [2.24, 2.45) is 5.92 Å². The Morgan fingerprint density at radius 2 is 1.81 bits per heavy atom. The van der Waals surface area contributed by atoms with Crippen LogP contribution in [0.5, 0.6) is 6.01 Å². The van der Waals surface area contributed by atoms with Crippen molar-refractivity contribution >= 4 is 24.6 Å². The lowest BCUT2D eigenvalue weighted by Crippen LogP contribution is -2.50. The van der Waals surface area contributed by atoms with Crippen molar-refractivity contribution < 1.29 is 28.4 Å². The Morgan fingerprint density at radius 1 is 1.19 bits per heavy atom. The summed E-state index contributed by atoms with van der Waals surface area (Å²) in [6.45, 7) is 16.8. The van der Waals surface area contributed by atoms with Gasteiger partial charge in [-0.3, -0.25) is 4.79 Å². The van der Waals surface area contributed by atoms with Crippen LogP contribution >= 0.6 is 0 Å². The second kappa shape index (κ2) is 10.9. The third-order valence-corrected chi connectivity index (χ3v) is 6.87. The predicted molar refractivity (Wildman–Crippen MR) is 136 cm³/mol. The highest BCUT2D eigenvalue weighted by Crippen LogP contribution is 2.36. The Labute approximate surface area is 215 Å². The van der Waals surface area contributed by atoms with E-state index in [0.29, 0.717) is 31.6 Å². The van der Waals surface area contributed by atoms with Crippen LogP contribution in [0.1, 0.15) is 74.7 Å². The molecule has 0 unspecified atom stereocenters. The maximum absolute atomic E-state index is 12.8. The van der Waals surface area contributed by atoms with Gasteiger partial charge in [-0.1, -0.05) is 0 Å². The third kappa shape index (κ3) is 7.32. The molecule has 10 nitrogen and oxygen atoms in total. The fourth-order valence-electron chi connectivity index (χ4n) is 4.14. The molecule has 0 bridgehead atoms. The monoisotopic (exact) mass is 504 g/mol. The van der Waals surface area contributed by atoms with Gasteiger partial charge in [0.25, 0.3) is 0 Å². The van der Waals surface area contributed by atoms with Crippen LogP contribution in [0.3, 0.4) is 0 Å². The summed E-state index contributed by atoms with van der Waals surface area (Å²) in [6, 6.07) is -0.347. The number of hydrogen-bond donors (Lipinski definition) is 1. The SMILES string of the molecule is C[C@@H](NC(=O)OC(C)(C)C)C(=O)N1CCC[C@@H](CCOc2ncc(B3OC(C)(C)C(C)(C)O3)cn2)C1. The molecule has 36 heavy (non-hydrogen) atoms. The van der Waals surface area contributed by atoms with Crippen LogP contribution in [-0.4, -0.2) is 76.5 Å². The number of piperidine rings is 1. The molecule has 0 saturated carbocycles. The second-order valence-corrected chi connectivity index (χ2v) is 11.7. The largest absolute Gasteiger partial charge is 0.498 e. The first-order valence-corrected chi connectivity index (χ1v) is 12.8. The minimum atomic E-state index is -0.647. The van der Waals surface area contributed by atoms with E-state index in [1.54, 1.807) is 40.1 Å². The topological polar surface area (TPSA) is 112 Å². The fourth-order valence-corrected chi connectivity index (χ4v) is 4.14. The molecular formula is C25H41BN4O6. The summed E-state index contributed by atoms with van der Waals surface area (Å²) in [5.74, 6) is 0.202. The van der Waals surface area contributed by atoms with E-state index in [0.717, 1.165) is 24.7 Å². The van der Waals surface area contributed by atoms with E-state index in [-0.39, 0.29) is 5.91 Å². The summed E-state index contributed by atoms with van der Waals surface area (Å²) in [7, 11) is -0.512. The van der Waals surface area contributed by atoms with Gasteiger partial charge in [-0.2, -0.15) is 0 Å². The summed E-state index contributed by atoms with van der Waals surface area (Å²) >= 11 is 0. The minimum absolute atomic E-state index is 0.104. The lowest BCUT2D eigenvalue weighted by atomic mass is 9.81. The van der Waals surface area contributed by atoms with Crippen molar-refractivity contribution in [3.63, 3.8) is 0 Å². The van der Waals surface area contributed by atoms with Crippen molar-refractivity contribution in [2.75, 3.05) is 19.7 Å². The van der Waals surface area contributed by atoms with Gasteiger partial charge in [0.15, 0.2) is 0 Å². The molecule has 0 aromatic carbocycles. The Balaban J connectivity index is 1.43. The molecule has 3 heterocycles. The van der Waals surface area contributed by atoms with E-state index < -0.39 is 36.1 Å². The number of hydrogen-bond acceptors (Lipinski definition) is 8. The number of nitrogens with zero attached hydrogens (tertiary/aromatic N) is 3. The molecule has 1 N–H and O–H groups in total. The lowest BCUT2D eigenvalue weighted by Gasteiger charge is -2.34. The van der Waals surface area contributed by atoms with Crippen LogP contribution in [0, 0.1) is 5.92 Å². The molecular weight excluding hydrogens is 463 g/mol. The zero-order valence-corrected chi connectivity index (χ0v) is 22.9. The van der Waals surface area contributed by atoms with Crippen LogP contribution in [0.15, 0.2) is 12.4 Å². The molecule has 1 aromatic heterocycles. The van der Waals surface area contributed by atoms with Crippen molar-refractivity contribution in [1.82, 2.24) is 20.2 Å². The molecule has 1 aromatic rings. The molecule has 2 fully saturated rings. The van der Waals surface area contributed by atoms with Crippen LogP contribution in [0.4, 0.5) is 4.79 Å². The number of amides is 2. The molecule has 2 aliphatic rings. The van der Waals surface area contributed by atoms with E-state index in [1.165, 1.54) is 0 Å². The summed E-state index contributed by atoms with van der Waals surface area (Å²) in [5, 5.41) is 2.64. The van der Waals surface area contributed by atoms with E-state index >= 15 is 0 Å². The third-order valence-electron chi connectivity index (χ3n) is 6.87. The normalized spacial score (nSPS) is 22.2. The lowest BCUT2D eigenvalue weighted by molar-refractivity contribution is -0.135. The first-order valence-electron chi connectivity index (χ1n) is 12.8. The second-order valence-electron chi connectivity index (χ2n) is 11.7. The summed E-state index contributed by atoms with van der Waals surface area (Å²) in [5.41, 5.74) is -0.715. The van der Waals surface area contributed by atoms with Crippen LogP contribution in [-0.2, 0) is 18.8 Å². The van der Waals surface area contributed by atoms with Gasteiger partial charge in [-0.05, 0) is 80.6 Å². The number of nitrogens with one attached hydrogen (secondary N) is 1. The van der Waals surface area contributed by atoms with E-state index in [4.69, 9.17) is 18.8 Å². The Kier molecular flexibility index (Phi) is 8.55. The highest BCUT2D eigenvalue weighted by molar-refractivity contribution is 6.61. The van der Waals surface area contributed by atoms with Gasteiger partial charge >= 0.3 is 19.2 Å². The number of ether oxygens (including phenoxy) is 2. The van der Waals surface area contributed by atoms with E-state index in [2.05, 4.69) is 15.3 Å². The standard InChI is InChI=1S/C25H41BN4O6/c1-17(29-22(32)34-23(2,3)4)20(31)30-12-9-10-18(16-30)11-13-33-21-27-14-19(15-28-21)26-35-24(5,6)25(7,8)36-26/h14-15,17-18H,9-13,16H2,1-8H3,(H,29,32)/t17-,18+/m1/s1. The smallest absolute Gasteiger partial charge is 0.463 e. The Bertz CT molecular complexity index is 902. The molecule has 2 aliphatic heterocycles. The minimum Gasteiger partial charge on any atom is -0.463 e. The number of aromatic nitrogens is 2. The van der Waals surface area contributed by atoms with Gasteiger partial charge in [0.2, 0.25) is 5.91 Å². The number of carbonyl (C=O) groups excluding carboxylic acids is 2. The summed E-state index contributed by atoms with van der Waals surface area (Å²) < 4.78 is 23.1. The van der Waals surface area contributed by atoms with Crippen molar-refractivity contribution in [3.05, 3.63) is 12.4 Å². The van der Waals surface area contributed by atoms with Gasteiger partial charge < -0.3 is 29.0 Å². The maximum Gasteiger partial charge on any atom is 0.498 e. The number of alkyl carbamates (subject to hydrolysis) is 1. The highest BCUT2D eigenvalue weighted by atomic mass is 16.7. The molecule has 2 saturated heterocycles. The number of rotatable bonds is 7. The zero-order valence-electron chi connectivity index (χ0n) is 22.9.